The van der Waals surface area contributed by atoms with Crippen molar-refractivity contribution in [2.24, 2.45) is 0 Å². The van der Waals surface area contributed by atoms with Crippen LogP contribution in [0.2, 0.25) is 0 Å². The van der Waals surface area contributed by atoms with Gasteiger partial charge in [-0.15, -0.1) is 0 Å². The number of ether oxygens (including phenoxy) is 3. The Morgan fingerprint density at radius 3 is 2.73 bits per heavy atom. The highest BCUT2D eigenvalue weighted by molar-refractivity contribution is 5.94. The molecule has 1 aliphatic rings. The van der Waals surface area contributed by atoms with Gasteiger partial charge in [-0.3, -0.25) is 14.9 Å². The minimum absolute atomic E-state index is 0.0190. The van der Waals surface area contributed by atoms with Gasteiger partial charge in [0.15, 0.2) is 0 Å². The van der Waals surface area contributed by atoms with Crippen LogP contribution in [-0.2, 0) is 19.0 Å². The van der Waals surface area contributed by atoms with E-state index in [4.69, 9.17) is 14.2 Å². The predicted octanol–water partition coefficient (Wildman–Crippen LogP) is 3.86. The maximum atomic E-state index is 12.0. The standard InChI is InChI=1S/C23H23NO9/c1-14(8-11-20-16-5-2-3-6-17(16)23(28)33-20)32-21(26)7-4-12-31-22(27)18-10-9-15(24(29)30)13-19(18)25/h2-3,5-6,9-10,13-14,20,25H,4,7-8,11-12H2,1H3. The quantitative estimate of drug-likeness (QED) is 0.185. The van der Waals surface area contributed by atoms with Gasteiger partial charge in [0.1, 0.15) is 17.4 Å². The number of fused-ring (bicyclic) bond motifs is 1. The number of carbonyl (C=O) groups is 3. The summed E-state index contributed by atoms with van der Waals surface area (Å²) in [6, 6.07) is 10.2. The number of nitro benzene ring substituents is 1. The number of esters is 3. The van der Waals surface area contributed by atoms with Crippen molar-refractivity contribution in [3.8, 4) is 5.75 Å². The second-order valence-corrected chi connectivity index (χ2v) is 7.56. The first kappa shape index (κ1) is 23.7. The van der Waals surface area contributed by atoms with Crippen LogP contribution in [-0.4, -0.2) is 40.6 Å². The molecule has 3 rings (SSSR count). The Balaban J connectivity index is 1.35. The van der Waals surface area contributed by atoms with Gasteiger partial charge in [0.05, 0.1) is 29.3 Å². The third kappa shape index (κ3) is 6.06. The molecular formula is C23H23NO9. The van der Waals surface area contributed by atoms with E-state index in [1.54, 1.807) is 19.1 Å². The van der Waals surface area contributed by atoms with Crippen molar-refractivity contribution in [3.63, 3.8) is 0 Å². The number of phenols is 1. The van der Waals surface area contributed by atoms with E-state index in [9.17, 15) is 29.6 Å². The summed E-state index contributed by atoms with van der Waals surface area (Å²) in [4.78, 5) is 45.8. The summed E-state index contributed by atoms with van der Waals surface area (Å²) >= 11 is 0. The van der Waals surface area contributed by atoms with Crippen LogP contribution in [0.15, 0.2) is 42.5 Å². The fourth-order valence-corrected chi connectivity index (χ4v) is 3.43. The Kier molecular flexibility index (Phi) is 7.60. The lowest BCUT2D eigenvalue weighted by atomic mass is 10.0. The maximum absolute atomic E-state index is 12.0. The summed E-state index contributed by atoms with van der Waals surface area (Å²) in [5.41, 5.74) is 0.841. The monoisotopic (exact) mass is 457 g/mol. The molecule has 2 atom stereocenters. The molecule has 0 fully saturated rings. The molecular weight excluding hydrogens is 434 g/mol. The van der Waals surface area contributed by atoms with Crippen LogP contribution >= 0.6 is 0 Å². The molecule has 0 spiro atoms. The van der Waals surface area contributed by atoms with Crippen molar-refractivity contribution in [1.29, 1.82) is 0 Å². The van der Waals surface area contributed by atoms with Crippen LogP contribution < -0.4 is 0 Å². The van der Waals surface area contributed by atoms with Crippen LogP contribution in [0.1, 0.15) is 65.0 Å². The van der Waals surface area contributed by atoms with Gasteiger partial charge in [-0.2, -0.15) is 0 Å². The molecule has 0 aromatic heterocycles. The summed E-state index contributed by atoms with van der Waals surface area (Å²) in [7, 11) is 0. The lowest BCUT2D eigenvalue weighted by molar-refractivity contribution is -0.384. The number of hydrogen-bond donors (Lipinski definition) is 1. The van der Waals surface area contributed by atoms with Gasteiger partial charge in [0, 0.05) is 18.1 Å². The number of nitrogens with zero attached hydrogens (tertiary/aromatic N) is 1. The minimum atomic E-state index is -0.851. The fraction of sp³-hybridized carbons (Fsp3) is 0.348. The SMILES string of the molecule is CC(CCC1OC(=O)c2ccccc21)OC(=O)CCCOC(=O)c1ccc([N+](=O)[O-])cc1O. The molecule has 0 aliphatic carbocycles. The number of aromatic hydroxyl groups is 1. The number of non-ortho nitro benzene ring substituents is 1. The molecule has 0 saturated heterocycles. The molecule has 174 valence electrons. The first-order chi connectivity index (χ1) is 15.8. The van der Waals surface area contributed by atoms with E-state index in [1.807, 2.05) is 12.1 Å². The van der Waals surface area contributed by atoms with E-state index in [0.29, 0.717) is 18.4 Å². The molecule has 1 heterocycles. The Morgan fingerprint density at radius 1 is 1.24 bits per heavy atom. The van der Waals surface area contributed by atoms with Crippen molar-refractivity contribution in [2.45, 2.75) is 44.8 Å². The number of phenolic OH excluding ortho intramolecular Hbond substituents is 1. The second-order valence-electron chi connectivity index (χ2n) is 7.56. The lowest BCUT2D eigenvalue weighted by Crippen LogP contribution is -2.17. The van der Waals surface area contributed by atoms with Crippen molar-refractivity contribution in [1.82, 2.24) is 0 Å². The van der Waals surface area contributed by atoms with E-state index < -0.39 is 22.6 Å². The molecule has 2 aromatic rings. The summed E-state index contributed by atoms with van der Waals surface area (Å²) in [5, 5.41) is 20.4. The van der Waals surface area contributed by atoms with Crippen LogP contribution in [0.3, 0.4) is 0 Å². The normalized spacial score (nSPS) is 15.3. The van der Waals surface area contributed by atoms with E-state index >= 15 is 0 Å². The topological polar surface area (TPSA) is 142 Å². The first-order valence-corrected chi connectivity index (χ1v) is 10.4. The molecule has 10 heteroatoms. The lowest BCUT2D eigenvalue weighted by Gasteiger charge is -2.16. The molecule has 0 amide bonds. The van der Waals surface area contributed by atoms with Crippen LogP contribution in [0.4, 0.5) is 5.69 Å². The van der Waals surface area contributed by atoms with E-state index in [0.717, 1.165) is 23.8 Å². The third-order valence-corrected chi connectivity index (χ3v) is 5.12. The average molecular weight is 457 g/mol. The summed E-state index contributed by atoms with van der Waals surface area (Å²) in [6.07, 6.45) is 0.512. The van der Waals surface area contributed by atoms with Crippen molar-refractivity contribution in [2.75, 3.05) is 6.61 Å². The molecule has 0 bridgehead atoms. The summed E-state index contributed by atoms with van der Waals surface area (Å²) < 4.78 is 15.7. The maximum Gasteiger partial charge on any atom is 0.341 e. The highest BCUT2D eigenvalue weighted by Gasteiger charge is 2.30. The van der Waals surface area contributed by atoms with Gasteiger partial charge in [0.2, 0.25) is 0 Å². The molecule has 1 aliphatic heterocycles. The Bertz CT molecular complexity index is 1070. The smallest absolute Gasteiger partial charge is 0.341 e. The average Bonchev–Trinajstić information content (AvgIpc) is 3.10. The Labute approximate surface area is 189 Å². The molecule has 0 radical (unpaired) electrons. The van der Waals surface area contributed by atoms with Crippen LogP contribution in [0.25, 0.3) is 0 Å². The van der Waals surface area contributed by atoms with Crippen molar-refractivity contribution < 1.29 is 38.6 Å². The van der Waals surface area contributed by atoms with Gasteiger partial charge in [0.25, 0.3) is 5.69 Å². The zero-order valence-corrected chi connectivity index (χ0v) is 17.9. The van der Waals surface area contributed by atoms with E-state index in [1.165, 1.54) is 0 Å². The number of nitro groups is 1. The van der Waals surface area contributed by atoms with E-state index in [-0.39, 0.29) is 48.9 Å². The largest absolute Gasteiger partial charge is 0.507 e. The van der Waals surface area contributed by atoms with E-state index in [2.05, 4.69) is 0 Å². The zero-order chi connectivity index (χ0) is 24.0. The summed E-state index contributed by atoms with van der Waals surface area (Å²) in [6.45, 7) is 1.66. The van der Waals surface area contributed by atoms with Gasteiger partial charge < -0.3 is 19.3 Å². The summed E-state index contributed by atoms with van der Waals surface area (Å²) in [5.74, 6) is -2.22. The third-order valence-electron chi connectivity index (χ3n) is 5.12. The number of cyclic esters (lactones) is 1. The molecule has 2 unspecified atom stereocenters. The number of benzene rings is 2. The van der Waals surface area contributed by atoms with Gasteiger partial charge >= 0.3 is 17.9 Å². The number of carbonyl (C=O) groups excluding carboxylic acids is 3. The van der Waals surface area contributed by atoms with Gasteiger partial charge in [-0.25, -0.2) is 9.59 Å². The predicted molar refractivity (Wildman–Crippen MR) is 114 cm³/mol. The fourth-order valence-electron chi connectivity index (χ4n) is 3.43. The molecule has 33 heavy (non-hydrogen) atoms. The van der Waals surface area contributed by atoms with Gasteiger partial charge in [-0.1, -0.05) is 18.2 Å². The Hall–Kier alpha value is -3.95. The second kappa shape index (κ2) is 10.6. The highest BCUT2D eigenvalue weighted by Crippen LogP contribution is 2.34. The molecule has 1 N–H and O–H groups in total. The molecule has 10 nitrogen and oxygen atoms in total. The zero-order valence-electron chi connectivity index (χ0n) is 17.9. The number of rotatable bonds is 10. The molecule has 0 saturated carbocycles. The van der Waals surface area contributed by atoms with Gasteiger partial charge in [-0.05, 0) is 38.3 Å². The highest BCUT2D eigenvalue weighted by atomic mass is 16.6. The number of hydrogen-bond acceptors (Lipinski definition) is 9. The first-order valence-electron chi connectivity index (χ1n) is 10.4. The minimum Gasteiger partial charge on any atom is -0.507 e. The van der Waals surface area contributed by atoms with Crippen molar-refractivity contribution >= 4 is 23.6 Å². The van der Waals surface area contributed by atoms with Crippen LogP contribution in [0, 0.1) is 10.1 Å². The molecule has 2 aromatic carbocycles. The van der Waals surface area contributed by atoms with Crippen LogP contribution in [0.5, 0.6) is 5.75 Å². The Morgan fingerprint density at radius 2 is 2.00 bits per heavy atom. The van der Waals surface area contributed by atoms with Crippen molar-refractivity contribution in [3.05, 3.63) is 69.3 Å².